The molecular weight excluding hydrogens is 298 g/mol. The van der Waals surface area contributed by atoms with Crippen LogP contribution in [0.2, 0.25) is 0 Å². The van der Waals surface area contributed by atoms with E-state index in [0.717, 1.165) is 49.4 Å². The monoisotopic (exact) mass is 325 g/mol. The second-order valence-corrected chi connectivity index (χ2v) is 6.83. The molecule has 0 radical (unpaired) electrons. The molecule has 1 aliphatic rings. The lowest BCUT2D eigenvalue weighted by atomic mass is 9.99. The average Bonchev–Trinajstić information content (AvgIpc) is 2.60. The molecule has 5 nitrogen and oxygen atoms in total. The van der Waals surface area contributed by atoms with E-state index in [4.69, 9.17) is 0 Å². The molecule has 0 unspecified atom stereocenters. The van der Waals surface area contributed by atoms with Crippen LogP contribution >= 0.6 is 0 Å². The Morgan fingerprint density at radius 1 is 1.17 bits per heavy atom. The minimum atomic E-state index is 0.826. The average molecular weight is 325 g/mol. The Kier molecular flexibility index (Phi) is 5.28. The molecular formula is C19H27N5. The topological polar surface area (TPSA) is 45.2 Å². The molecule has 2 aromatic heterocycles. The third-order valence-corrected chi connectivity index (χ3v) is 4.79. The lowest BCUT2D eigenvalue weighted by molar-refractivity contribution is 0.436. The Bertz CT molecular complexity index is 650. The number of rotatable bonds is 5. The summed E-state index contributed by atoms with van der Waals surface area (Å²) in [6.45, 7) is 7.43. The molecule has 5 heteroatoms. The summed E-state index contributed by atoms with van der Waals surface area (Å²) in [4.78, 5) is 18.0. The van der Waals surface area contributed by atoms with Crippen molar-refractivity contribution >= 4 is 11.6 Å². The third kappa shape index (κ3) is 4.22. The summed E-state index contributed by atoms with van der Waals surface area (Å²) in [6, 6.07) is 6.27. The smallest absolute Gasteiger partial charge is 0.134 e. The van der Waals surface area contributed by atoms with Crippen molar-refractivity contribution < 1.29 is 0 Å². The van der Waals surface area contributed by atoms with Gasteiger partial charge < -0.3 is 9.80 Å². The fraction of sp³-hybridized carbons (Fsp3) is 0.526. The molecule has 0 aromatic carbocycles. The van der Waals surface area contributed by atoms with Gasteiger partial charge in [0.15, 0.2) is 0 Å². The predicted octanol–water partition coefficient (Wildman–Crippen LogP) is 3.10. The van der Waals surface area contributed by atoms with Crippen LogP contribution in [0.15, 0.2) is 30.6 Å². The normalized spacial score (nSPS) is 15.5. The van der Waals surface area contributed by atoms with Gasteiger partial charge in [-0.05, 0) is 49.8 Å². The quantitative estimate of drug-likeness (QED) is 0.845. The highest BCUT2D eigenvalue weighted by Gasteiger charge is 2.18. The summed E-state index contributed by atoms with van der Waals surface area (Å²) in [5.74, 6) is 3.74. The number of likely N-dealkylation sites (N-methyl/N-ethyl adjacent to an activating group) is 1. The molecule has 0 bridgehead atoms. The zero-order chi connectivity index (χ0) is 16.9. The van der Waals surface area contributed by atoms with E-state index in [-0.39, 0.29) is 0 Å². The second-order valence-electron chi connectivity index (χ2n) is 6.83. The highest BCUT2D eigenvalue weighted by Crippen LogP contribution is 2.24. The standard InChI is InChI=1S/C19H27N5/c1-15-6-12-24(13-7-15)19-14-18(21-16(2)22-19)23(3)11-8-17-4-9-20-10-5-17/h4-5,9-10,14-15H,6-8,11-13H2,1-3H3. The van der Waals surface area contributed by atoms with E-state index in [1.165, 1.54) is 18.4 Å². The molecule has 2 aromatic rings. The van der Waals surface area contributed by atoms with Crippen molar-refractivity contribution in [1.82, 2.24) is 15.0 Å². The fourth-order valence-corrected chi connectivity index (χ4v) is 3.09. The van der Waals surface area contributed by atoms with Crippen molar-refractivity contribution in [2.75, 3.05) is 36.5 Å². The maximum absolute atomic E-state index is 4.66. The van der Waals surface area contributed by atoms with Gasteiger partial charge in [0.05, 0.1) is 0 Å². The van der Waals surface area contributed by atoms with Crippen molar-refractivity contribution in [3.63, 3.8) is 0 Å². The van der Waals surface area contributed by atoms with E-state index >= 15 is 0 Å². The molecule has 3 rings (SSSR count). The first-order chi connectivity index (χ1) is 11.6. The van der Waals surface area contributed by atoms with Crippen LogP contribution < -0.4 is 9.80 Å². The zero-order valence-electron chi connectivity index (χ0n) is 14.9. The van der Waals surface area contributed by atoms with Crippen molar-refractivity contribution in [1.29, 1.82) is 0 Å². The van der Waals surface area contributed by atoms with Gasteiger partial charge in [0.1, 0.15) is 17.5 Å². The van der Waals surface area contributed by atoms with E-state index in [0.29, 0.717) is 0 Å². The van der Waals surface area contributed by atoms with Gasteiger partial charge >= 0.3 is 0 Å². The van der Waals surface area contributed by atoms with Gasteiger partial charge in [-0.3, -0.25) is 4.98 Å². The van der Waals surface area contributed by atoms with Gasteiger partial charge in [-0.1, -0.05) is 6.92 Å². The van der Waals surface area contributed by atoms with Crippen LogP contribution in [0.25, 0.3) is 0 Å². The van der Waals surface area contributed by atoms with Gasteiger partial charge in [-0.15, -0.1) is 0 Å². The Morgan fingerprint density at radius 2 is 1.88 bits per heavy atom. The van der Waals surface area contributed by atoms with Gasteiger partial charge in [-0.2, -0.15) is 0 Å². The van der Waals surface area contributed by atoms with E-state index in [1.807, 2.05) is 19.3 Å². The molecule has 3 heterocycles. The van der Waals surface area contributed by atoms with Crippen LogP contribution in [0.3, 0.4) is 0 Å². The number of hydrogen-bond donors (Lipinski definition) is 0. The largest absolute Gasteiger partial charge is 0.359 e. The van der Waals surface area contributed by atoms with Crippen molar-refractivity contribution in [2.45, 2.75) is 33.1 Å². The van der Waals surface area contributed by atoms with Gasteiger partial charge in [0, 0.05) is 45.1 Å². The molecule has 0 saturated carbocycles. The minimum Gasteiger partial charge on any atom is -0.359 e. The molecule has 0 aliphatic carbocycles. The number of anilines is 2. The fourth-order valence-electron chi connectivity index (χ4n) is 3.09. The van der Waals surface area contributed by atoms with Crippen LogP contribution in [0, 0.1) is 12.8 Å². The number of hydrogen-bond acceptors (Lipinski definition) is 5. The number of piperidine rings is 1. The summed E-state index contributed by atoms with van der Waals surface area (Å²) in [7, 11) is 2.10. The Morgan fingerprint density at radius 3 is 2.58 bits per heavy atom. The third-order valence-electron chi connectivity index (χ3n) is 4.79. The Hall–Kier alpha value is -2.17. The van der Waals surface area contributed by atoms with Crippen molar-refractivity contribution in [2.24, 2.45) is 5.92 Å². The SMILES string of the molecule is Cc1nc(N(C)CCc2ccncc2)cc(N2CCC(C)CC2)n1. The molecule has 0 atom stereocenters. The van der Waals surface area contributed by atoms with Crippen LogP contribution in [0.4, 0.5) is 11.6 Å². The number of aryl methyl sites for hydroxylation is 1. The second kappa shape index (κ2) is 7.60. The van der Waals surface area contributed by atoms with Gasteiger partial charge in [-0.25, -0.2) is 9.97 Å². The first-order valence-electron chi connectivity index (χ1n) is 8.82. The van der Waals surface area contributed by atoms with Crippen LogP contribution in [-0.4, -0.2) is 41.6 Å². The van der Waals surface area contributed by atoms with Crippen molar-refractivity contribution in [3.05, 3.63) is 42.0 Å². The molecule has 1 fully saturated rings. The number of pyridine rings is 1. The zero-order valence-corrected chi connectivity index (χ0v) is 14.9. The highest BCUT2D eigenvalue weighted by molar-refractivity contribution is 5.51. The molecule has 0 amide bonds. The van der Waals surface area contributed by atoms with Crippen LogP contribution in [-0.2, 0) is 6.42 Å². The van der Waals surface area contributed by atoms with E-state index in [9.17, 15) is 0 Å². The van der Waals surface area contributed by atoms with E-state index in [1.54, 1.807) is 0 Å². The van der Waals surface area contributed by atoms with Crippen LogP contribution in [0.1, 0.15) is 31.2 Å². The molecule has 1 aliphatic heterocycles. The number of nitrogens with zero attached hydrogens (tertiary/aromatic N) is 5. The maximum atomic E-state index is 4.66. The summed E-state index contributed by atoms with van der Waals surface area (Å²) in [6.07, 6.45) is 7.17. The predicted molar refractivity (Wildman–Crippen MR) is 98.6 cm³/mol. The molecule has 0 N–H and O–H groups in total. The van der Waals surface area contributed by atoms with E-state index in [2.05, 4.69) is 56.9 Å². The lowest BCUT2D eigenvalue weighted by Crippen LogP contribution is -2.34. The summed E-state index contributed by atoms with van der Waals surface area (Å²) in [5.41, 5.74) is 1.30. The van der Waals surface area contributed by atoms with Gasteiger partial charge in [0.25, 0.3) is 0 Å². The first-order valence-corrected chi connectivity index (χ1v) is 8.82. The Labute approximate surface area is 144 Å². The molecule has 1 saturated heterocycles. The summed E-state index contributed by atoms with van der Waals surface area (Å²) >= 11 is 0. The van der Waals surface area contributed by atoms with Crippen LogP contribution in [0.5, 0.6) is 0 Å². The minimum absolute atomic E-state index is 0.826. The van der Waals surface area contributed by atoms with E-state index < -0.39 is 0 Å². The Balaban J connectivity index is 1.68. The highest BCUT2D eigenvalue weighted by atomic mass is 15.2. The summed E-state index contributed by atoms with van der Waals surface area (Å²) < 4.78 is 0. The summed E-state index contributed by atoms with van der Waals surface area (Å²) in [5, 5.41) is 0. The molecule has 128 valence electrons. The maximum Gasteiger partial charge on any atom is 0.134 e. The molecule has 0 spiro atoms. The van der Waals surface area contributed by atoms with Crippen molar-refractivity contribution in [3.8, 4) is 0 Å². The first kappa shape index (κ1) is 16.7. The number of aromatic nitrogens is 3. The van der Waals surface area contributed by atoms with Gasteiger partial charge in [0.2, 0.25) is 0 Å². The molecule has 24 heavy (non-hydrogen) atoms. The lowest BCUT2D eigenvalue weighted by Gasteiger charge is -2.32.